The molecule has 5 rings (SSSR count). The quantitative estimate of drug-likeness (QED) is 0.112. The van der Waals surface area contributed by atoms with E-state index in [0.717, 1.165) is 10.1 Å². The van der Waals surface area contributed by atoms with Crippen molar-refractivity contribution in [3.63, 3.8) is 0 Å². The normalized spacial score (nSPS) is 12.0. The number of furan rings is 1. The van der Waals surface area contributed by atoms with Crippen molar-refractivity contribution in [2.45, 2.75) is 20.8 Å². The minimum atomic E-state index is -0.519. The number of nitro groups is 1. The van der Waals surface area contributed by atoms with E-state index in [1.807, 2.05) is 20.8 Å². The molecule has 9 nitrogen and oxygen atoms in total. The standard InChI is InChI=1S/C28H22BrClN4O5/c1-28(2,3)15-38-25-20(29)10-16(11-22(25)34(36)37)14-31-33-26(32-21-7-5-4-6-19(21)27(33)35)24-13-17-12-18(30)8-9-23(17)39-24/h4-14H,15H2,1-3H3. The van der Waals surface area contributed by atoms with Crippen molar-refractivity contribution < 1.29 is 14.1 Å². The van der Waals surface area contributed by atoms with Gasteiger partial charge >= 0.3 is 5.69 Å². The number of hydrogen-bond acceptors (Lipinski definition) is 7. The Labute approximate surface area is 236 Å². The lowest BCUT2D eigenvalue weighted by Crippen LogP contribution is -2.20. The van der Waals surface area contributed by atoms with Crippen LogP contribution in [-0.2, 0) is 0 Å². The van der Waals surface area contributed by atoms with Gasteiger partial charge in [0, 0.05) is 22.0 Å². The Bertz CT molecular complexity index is 1840. The Kier molecular flexibility index (Phi) is 7.00. The van der Waals surface area contributed by atoms with Gasteiger partial charge < -0.3 is 9.15 Å². The minimum absolute atomic E-state index is 0.123. The van der Waals surface area contributed by atoms with E-state index in [9.17, 15) is 14.9 Å². The van der Waals surface area contributed by atoms with Crippen LogP contribution in [0, 0.1) is 15.5 Å². The molecule has 198 valence electrons. The number of nitrogens with zero attached hydrogens (tertiary/aromatic N) is 4. The van der Waals surface area contributed by atoms with E-state index in [-0.39, 0.29) is 29.3 Å². The fraction of sp³-hybridized carbons (Fsp3) is 0.179. The second-order valence-corrected chi connectivity index (χ2v) is 11.4. The maximum atomic E-state index is 13.5. The van der Waals surface area contributed by atoms with Crippen LogP contribution in [0.15, 0.2) is 79.4 Å². The number of aromatic nitrogens is 2. The van der Waals surface area contributed by atoms with Crippen molar-refractivity contribution in [3.8, 4) is 17.3 Å². The molecular formula is C28H22BrClN4O5. The van der Waals surface area contributed by atoms with Crippen molar-refractivity contribution >= 4 is 61.3 Å². The monoisotopic (exact) mass is 608 g/mol. The first kappa shape index (κ1) is 26.6. The number of para-hydroxylation sites is 1. The summed E-state index contributed by atoms with van der Waals surface area (Å²) in [7, 11) is 0. The van der Waals surface area contributed by atoms with Crippen molar-refractivity contribution in [1.82, 2.24) is 9.66 Å². The molecule has 0 fully saturated rings. The molecule has 0 saturated heterocycles. The first-order valence-electron chi connectivity index (χ1n) is 11.9. The molecule has 3 aromatic carbocycles. The molecule has 2 heterocycles. The van der Waals surface area contributed by atoms with Gasteiger partial charge in [0.25, 0.3) is 5.56 Å². The molecule has 39 heavy (non-hydrogen) atoms. The van der Waals surface area contributed by atoms with E-state index >= 15 is 0 Å². The van der Waals surface area contributed by atoms with E-state index in [4.69, 9.17) is 20.8 Å². The second kappa shape index (κ2) is 10.3. The molecule has 0 aliphatic carbocycles. The van der Waals surface area contributed by atoms with E-state index in [1.165, 1.54) is 12.3 Å². The zero-order chi connectivity index (χ0) is 27.9. The maximum Gasteiger partial charge on any atom is 0.312 e. The average molecular weight is 610 g/mol. The average Bonchev–Trinajstić information content (AvgIpc) is 3.29. The zero-order valence-corrected chi connectivity index (χ0v) is 23.5. The molecule has 2 aromatic heterocycles. The van der Waals surface area contributed by atoms with Crippen LogP contribution in [0.4, 0.5) is 5.69 Å². The van der Waals surface area contributed by atoms with Gasteiger partial charge in [0.15, 0.2) is 5.76 Å². The van der Waals surface area contributed by atoms with Gasteiger partial charge in [0.05, 0.1) is 33.1 Å². The van der Waals surface area contributed by atoms with Gasteiger partial charge in [-0.15, -0.1) is 0 Å². The molecule has 0 unspecified atom stereocenters. The van der Waals surface area contributed by atoms with Crippen LogP contribution in [0.5, 0.6) is 5.75 Å². The zero-order valence-electron chi connectivity index (χ0n) is 21.1. The predicted molar refractivity (Wildman–Crippen MR) is 155 cm³/mol. The summed E-state index contributed by atoms with van der Waals surface area (Å²) in [5, 5.41) is 17.9. The van der Waals surface area contributed by atoms with Crippen molar-refractivity contribution in [1.29, 1.82) is 0 Å². The number of ether oxygens (including phenoxy) is 1. The van der Waals surface area contributed by atoms with Gasteiger partial charge in [-0.3, -0.25) is 14.9 Å². The number of rotatable bonds is 6. The fourth-order valence-corrected chi connectivity index (χ4v) is 4.64. The predicted octanol–water partition coefficient (Wildman–Crippen LogP) is 7.44. The van der Waals surface area contributed by atoms with Gasteiger partial charge in [0.1, 0.15) is 5.58 Å². The lowest BCUT2D eigenvalue weighted by molar-refractivity contribution is -0.386. The van der Waals surface area contributed by atoms with Crippen molar-refractivity contribution in [2.75, 3.05) is 6.61 Å². The summed E-state index contributed by atoms with van der Waals surface area (Å²) < 4.78 is 13.3. The topological polar surface area (TPSA) is 113 Å². The number of benzene rings is 3. The highest BCUT2D eigenvalue weighted by molar-refractivity contribution is 9.10. The van der Waals surface area contributed by atoms with E-state index in [1.54, 1.807) is 54.6 Å². The first-order valence-corrected chi connectivity index (χ1v) is 13.0. The second-order valence-electron chi connectivity index (χ2n) is 10.1. The molecule has 0 spiro atoms. The molecule has 0 aliphatic heterocycles. The minimum Gasteiger partial charge on any atom is -0.485 e. The number of nitro benzene ring substituents is 1. The number of fused-ring (bicyclic) bond motifs is 2. The molecule has 0 aliphatic rings. The Balaban J connectivity index is 1.63. The number of halogens is 2. The first-order chi connectivity index (χ1) is 18.5. The summed E-state index contributed by atoms with van der Waals surface area (Å²) in [6.07, 6.45) is 1.35. The Hall–Kier alpha value is -4.02. The molecule has 0 N–H and O–H groups in total. The van der Waals surface area contributed by atoms with Crippen LogP contribution in [-0.4, -0.2) is 27.4 Å². The van der Waals surface area contributed by atoms with Gasteiger partial charge in [-0.05, 0) is 63.8 Å². The van der Waals surface area contributed by atoms with Crippen LogP contribution < -0.4 is 10.3 Å². The SMILES string of the molecule is CC(C)(C)COc1c(Br)cc(C=Nn2c(-c3cc4cc(Cl)ccc4o3)nc3ccccc3c2=O)cc1[N+](=O)[O-]. The van der Waals surface area contributed by atoms with Crippen LogP contribution in [0.3, 0.4) is 0 Å². The largest absolute Gasteiger partial charge is 0.485 e. The third-order valence-corrected chi connectivity index (χ3v) is 6.49. The lowest BCUT2D eigenvalue weighted by Gasteiger charge is -2.19. The van der Waals surface area contributed by atoms with E-state index < -0.39 is 10.5 Å². The summed E-state index contributed by atoms with van der Waals surface area (Å²) in [6.45, 7) is 6.19. The van der Waals surface area contributed by atoms with Gasteiger partial charge in [-0.2, -0.15) is 9.78 Å². The molecule has 5 aromatic rings. The van der Waals surface area contributed by atoms with Gasteiger partial charge in [-0.25, -0.2) is 4.98 Å². The Morgan fingerprint density at radius 2 is 1.95 bits per heavy atom. The summed E-state index contributed by atoms with van der Waals surface area (Å²) >= 11 is 9.52. The maximum absolute atomic E-state index is 13.5. The Morgan fingerprint density at radius 1 is 1.18 bits per heavy atom. The third-order valence-electron chi connectivity index (χ3n) is 5.67. The summed E-state index contributed by atoms with van der Waals surface area (Å²) in [4.78, 5) is 29.5. The van der Waals surface area contributed by atoms with Crippen molar-refractivity contribution in [3.05, 3.63) is 96.2 Å². The van der Waals surface area contributed by atoms with Gasteiger partial charge in [-0.1, -0.05) is 44.5 Å². The molecular weight excluding hydrogens is 588 g/mol. The fourth-order valence-electron chi connectivity index (χ4n) is 3.88. The highest BCUT2D eigenvalue weighted by Gasteiger charge is 2.23. The molecule has 0 amide bonds. The lowest BCUT2D eigenvalue weighted by atomic mass is 9.99. The summed E-state index contributed by atoms with van der Waals surface area (Å²) in [5.41, 5.74) is 0.561. The third kappa shape index (κ3) is 5.57. The summed E-state index contributed by atoms with van der Waals surface area (Å²) in [5.74, 6) is 0.601. The summed E-state index contributed by atoms with van der Waals surface area (Å²) in [6, 6.07) is 16.8. The molecule has 0 radical (unpaired) electrons. The van der Waals surface area contributed by atoms with Crippen LogP contribution in [0.25, 0.3) is 33.5 Å². The highest BCUT2D eigenvalue weighted by atomic mass is 79.9. The van der Waals surface area contributed by atoms with E-state index in [2.05, 4.69) is 26.0 Å². The Morgan fingerprint density at radius 3 is 2.69 bits per heavy atom. The molecule has 0 atom stereocenters. The number of hydrogen-bond donors (Lipinski definition) is 0. The molecule has 11 heteroatoms. The van der Waals surface area contributed by atoms with Crippen LogP contribution in [0.1, 0.15) is 26.3 Å². The smallest absolute Gasteiger partial charge is 0.312 e. The molecule has 0 saturated carbocycles. The molecule has 0 bridgehead atoms. The van der Waals surface area contributed by atoms with E-state index in [0.29, 0.717) is 37.3 Å². The van der Waals surface area contributed by atoms with Crippen LogP contribution in [0.2, 0.25) is 5.02 Å². The van der Waals surface area contributed by atoms with Crippen LogP contribution >= 0.6 is 27.5 Å². The highest BCUT2D eigenvalue weighted by Crippen LogP contribution is 2.37. The van der Waals surface area contributed by atoms with Crippen molar-refractivity contribution in [2.24, 2.45) is 10.5 Å². The van der Waals surface area contributed by atoms with Gasteiger partial charge in [0.2, 0.25) is 11.6 Å².